The van der Waals surface area contributed by atoms with Gasteiger partial charge >= 0.3 is 0 Å². The minimum Gasteiger partial charge on any atom is -0.501 e. The second-order valence-corrected chi connectivity index (χ2v) is 4.03. The fourth-order valence-electron chi connectivity index (χ4n) is 1.64. The molecule has 0 unspecified atom stereocenters. The first-order valence-corrected chi connectivity index (χ1v) is 6.19. The van der Waals surface area contributed by atoms with E-state index in [9.17, 15) is 4.79 Å². The summed E-state index contributed by atoms with van der Waals surface area (Å²) in [4.78, 5) is 11.9. The number of hydrogen-bond donors (Lipinski definition) is 0. The molecule has 1 aromatic heterocycles. The molecule has 0 spiro atoms. The van der Waals surface area contributed by atoms with Crippen molar-refractivity contribution in [2.45, 2.75) is 13.5 Å². The topological polar surface area (TPSA) is 44.1 Å². The molecular formula is C15H16N2O2. The Morgan fingerprint density at radius 2 is 2.11 bits per heavy atom. The lowest BCUT2D eigenvalue weighted by Gasteiger charge is -2.04. The van der Waals surface area contributed by atoms with Gasteiger partial charge < -0.3 is 4.74 Å². The highest BCUT2D eigenvalue weighted by Gasteiger charge is 1.99. The molecule has 2 rings (SSSR count). The van der Waals surface area contributed by atoms with Gasteiger partial charge in [0.15, 0.2) is 0 Å². The molecule has 0 saturated heterocycles. The van der Waals surface area contributed by atoms with E-state index in [2.05, 4.69) is 5.10 Å². The Bertz CT molecular complexity index is 603. The summed E-state index contributed by atoms with van der Waals surface area (Å²) < 4.78 is 6.52. The zero-order valence-corrected chi connectivity index (χ0v) is 10.8. The first-order chi connectivity index (χ1) is 9.29. The molecule has 1 aromatic carbocycles. The molecule has 4 nitrogen and oxygen atoms in total. The first kappa shape index (κ1) is 13.1. The van der Waals surface area contributed by atoms with Crippen LogP contribution in [0.1, 0.15) is 18.1 Å². The minimum atomic E-state index is -0.123. The molecule has 0 aliphatic heterocycles. The Morgan fingerprint density at radius 3 is 2.79 bits per heavy atom. The summed E-state index contributed by atoms with van der Waals surface area (Å²) >= 11 is 0. The van der Waals surface area contributed by atoms with E-state index >= 15 is 0 Å². The van der Waals surface area contributed by atoms with Gasteiger partial charge in [-0.05, 0) is 18.6 Å². The summed E-state index contributed by atoms with van der Waals surface area (Å²) in [6.45, 7) is 2.99. The van der Waals surface area contributed by atoms with Crippen LogP contribution in [0.3, 0.4) is 0 Å². The average Bonchev–Trinajstić information content (AvgIpc) is 2.43. The van der Waals surface area contributed by atoms with Gasteiger partial charge in [0.2, 0.25) is 0 Å². The molecular weight excluding hydrogens is 240 g/mol. The lowest BCUT2D eigenvalue weighted by atomic mass is 10.2. The standard InChI is InChI=1S/C15H16N2O2/c1-2-19-9-8-14-10-15(18)17(16-11-14)12-13-6-4-3-5-7-13/h3-11H,2,12H2,1H3. The molecule has 0 saturated carbocycles. The van der Waals surface area contributed by atoms with Gasteiger partial charge in [-0.15, -0.1) is 0 Å². The van der Waals surface area contributed by atoms with Crippen LogP contribution < -0.4 is 5.56 Å². The van der Waals surface area contributed by atoms with Crippen molar-refractivity contribution in [2.24, 2.45) is 0 Å². The first-order valence-electron chi connectivity index (χ1n) is 6.19. The fourth-order valence-corrected chi connectivity index (χ4v) is 1.64. The van der Waals surface area contributed by atoms with E-state index in [0.29, 0.717) is 13.2 Å². The van der Waals surface area contributed by atoms with Gasteiger partial charge in [0.1, 0.15) is 0 Å². The van der Waals surface area contributed by atoms with E-state index in [1.165, 1.54) is 4.68 Å². The summed E-state index contributed by atoms with van der Waals surface area (Å²) in [5, 5.41) is 4.15. The monoisotopic (exact) mass is 256 g/mol. The van der Waals surface area contributed by atoms with Crippen LogP contribution in [0.25, 0.3) is 6.08 Å². The maximum absolute atomic E-state index is 11.9. The van der Waals surface area contributed by atoms with Crippen molar-refractivity contribution in [2.75, 3.05) is 6.61 Å². The smallest absolute Gasteiger partial charge is 0.267 e. The average molecular weight is 256 g/mol. The molecule has 0 N–H and O–H groups in total. The number of rotatable bonds is 5. The van der Waals surface area contributed by atoms with E-state index < -0.39 is 0 Å². The van der Waals surface area contributed by atoms with Crippen molar-refractivity contribution < 1.29 is 4.74 Å². The van der Waals surface area contributed by atoms with Crippen molar-refractivity contribution in [1.29, 1.82) is 0 Å². The summed E-state index contributed by atoms with van der Waals surface area (Å²) in [7, 11) is 0. The second kappa shape index (κ2) is 6.54. The highest BCUT2D eigenvalue weighted by atomic mass is 16.5. The van der Waals surface area contributed by atoms with Crippen molar-refractivity contribution in [3.05, 3.63) is 70.3 Å². The molecule has 0 amide bonds. The van der Waals surface area contributed by atoms with E-state index in [4.69, 9.17) is 4.74 Å². The minimum absolute atomic E-state index is 0.123. The van der Waals surface area contributed by atoms with Crippen molar-refractivity contribution in [3.63, 3.8) is 0 Å². The highest BCUT2D eigenvalue weighted by molar-refractivity contribution is 5.45. The molecule has 2 aromatic rings. The Kier molecular flexibility index (Phi) is 4.50. The third kappa shape index (κ3) is 3.81. The summed E-state index contributed by atoms with van der Waals surface area (Å²) in [5.41, 5.74) is 1.67. The number of nitrogens with zero attached hydrogens (tertiary/aromatic N) is 2. The third-order valence-corrected chi connectivity index (χ3v) is 2.59. The van der Waals surface area contributed by atoms with Gasteiger partial charge in [0.25, 0.3) is 5.56 Å². The molecule has 1 heterocycles. The van der Waals surface area contributed by atoms with Gasteiger partial charge in [-0.3, -0.25) is 4.79 Å². The van der Waals surface area contributed by atoms with Crippen LogP contribution >= 0.6 is 0 Å². The molecule has 0 aliphatic rings. The van der Waals surface area contributed by atoms with Crippen LogP contribution in [0, 0.1) is 0 Å². The Hall–Kier alpha value is -2.36. The second-order valence-electron chi connectivity index (χ2n) is 4.03. The molecule has 19 heavy (non-hydrogen) atoms. The van der Waals surface area contributed by atoms with Crippen molar-refractivity contribution >= 4 is 6.08 Å². The van der Waals surface area contributed by atoms with E-state index in [-0.39, 0.29) is 5.56 Å². The Balaban J connectivity index is 2.14. The predicted octanol–water partition coefficient (Wildman–Crippen LogP) is 2.30. The number of ether oxygens (including phenoxy) is 1. The molecule has 0 radical (unpaired) electrons. The van der Waals surface area contributed by atoms with Gasteiger partial charge in [-0.2, -0.15) is 5.10 Å². The number of benzene rings is 1. The Labute approximate surface area is 112 Å². The van der Waals surface area contributed by atoms with Crippen LogP contribution in [0.15, 0.2) is 53.7 Å². The van der Waals surface area contributed by atoms with Crippen LogP contribution in [-0.2, 0) is 11.3 Å². The predicted molar refractivity (Wildman–Crippen MR) is 74.7 cm³/mol. The lowest BCUT2D eigenvalue weighted by Crippen LogP contribution is -2.22. The Morgan fingerprint density at radius 1 is 1.32 bits per heavy atom. The van der Waals surface area contributed by atoms with Crippen LogP contribution in [-0.4, -0.2) is 16.4 Å². The van der Waals surface area contributed by atoms with Gasteiger partial charge in [0.05, 0.1) is 25.6 Å². The van der Waals surface area contributed by atoms with E-state index in [0.717, 1.165) is 11.1 Å². The van der Waals surface area contributed by atoms with Crippen LogP contribution in [0.5, 0.6) is 0 Å². The maximum atomic E-state index is 11.9. The number of hydrogen-bond acceptors (Lipinski definition) is 3. The lowest BCUT2D eigenvalue weighted by molar-refractivity contribution is 0.272. The molecule has 98 valence electrons. The zero-order chi connectivity index (χ0) is 13.5. The summed E-state index contributed by atoms with van der Waals surface area (Å²) in [5.74, 6) is 0. The largest absolute Gasteiger partial charge is 0.501 e. The van der Waals surface area contributed by atoms with Crippen LogP contribution in [0.2, 0.25) is 0 Å². The van der Waals surface area contributed by atoms with Crippen molar-refractivity contribution in [3.8, 4) is 0 Å². The molecule has 0 atom stereocenters. The molecule has 0 bridgehead atoms. The summed E-state index contributed by atoms with van der Waals surface area (Å²) in [6.07, 6.45) is 4.95. The normalized spacial score (nSPS) is 10.8. The maximum Gasteiger partial charge on any atom is 0.267 e. The quantitative estimate of drug-likeness (QED) is 0.771. The van der Waals surface area contributed by atoms with E-state index in [1.807, 2.05) is 37.3 Å². The van der Waals surface area contributed by atoms with Gasteiger partial charge in [-0.1, -0.05) is 30.3 Å². The SMILES string of the molecule is CCOC=Cc1cnn(Cc2ccccc2)c(=O)c1. The van der Waals surface area contributed by atoms with Crippen LogP contribution in [0.4, 0.5) is 0 Å². The third-order valence-electron chi connectivity index (χ3n) is 2.59. The van der Waals surface area contributed by atoms with E-state index in [1.54, 1.807) is 24.6 Å². The molecule has 0 fully saturated rings. The van der Waals surface area contributed by atoms with Gasteiger partial charge in [0, 0.05) is 11.6 Å². The fraction of sp³-hybridized carbons (Fsp3) is 0.200. The number of aromatic nitrogens is 2. The van der Waals surface area contributed by atoms with Gasteiger partial charge in [-0.25, -0.2) is 4.68 Å². The summed E-state index contributed by atoms with van der Waals surface area (Å²) in [6, 6.07) is 11.3. The zero-order valence-electron chi connectivity index (χ0n) is 10.8. The molecule has 0 aliphatic carbocycles. The van der Waals surface area contributed by atoms with Crippen molar-refractivity contribution in [1.82, 2.24) is 9.78 Å². The molecule has 4 heteroatoms. The highest BCUT2D eigenvalue weighted by Crippen LogP contribution is 2.01.